The smallest absolute Gasteiger partial charge is 0.203 e. The molecular weight excluding hydrogens is 240 g/mol. The van der Waals surface area contributed by atoms with Gasteiger partial charge in [-0.3, -0.25) is 4.90 Å². The summed E-state index contributed by atoms with van der Waals surface area (Å²) in [5.41, 5.74) is 0. The molecule has 0 bridgehead atoms. The van der Waals surface area contributed by atoms with E-state index >= 15 is 0 Å². The first-order valence-corrected chi connectivity index (χ1v) is 7.23. The zero-order chi connectivity index (χ0) is 13.7. The molecule has 0 amide bonds. The van der Waals surface area contributed by atoms with E-state index in [-0.39, 0.29) is 0 Å². The highest BCUT2D eigenvalue weighted by Gasteiger charge is 2.15. The van der Waals surface area contributed by atoms with Crippen molar-refractivity contribution < 1.29 is 4.74 Å². The minimum absolute atomic E-state index is 0.395. The molecule has 0 aromatic carbocycles. The van der Waals surface area contributed by atoms with Gasteiger partial charge < -0.3 is 14.6 Å². The van der Waals surface area contributed by atoms with Gasteiger partial charge >= 0.3 is 0 Å². The number of hydrogen-bond donors (Lipinski definition) is 1. The van der Waals surface area contributed by atoms with Gasteiger partial charge in [0.05, 0.1) is 13.2 Å². The number of nitrogens with zero attached hydrogens (tertiary/aromatic N) is 3. The molecule has 1 unspecified atom stereocenters. The highest BCUT2D eigenvalue weighted by molar-refractivity contribution is 5.27. The second kappa shape index (κ2) is 6.91. The van der Waals surface area contributed by atoms with Crippen LogP contribution in [0.4, 0.5) is 5.95 Å². The molecule has 1 fully saturated rings. The largest absolute Gasteiger partial charge is 0.379 e. The van der Waals surface area contributed by atoms with Crippen molar-refractivity contribution in [3.63, 3.8) is 0 Å². The van der Waals surface area contributed by atoms with Crippen LogP contribution in [0.1, 0.15) is 20.8 Å². The fraction of sp³-hybridized carbons (Fsp3) is 0.786. The third-order valence-corrected chi connectivity index (χ3v) is 3.29. The van der Waals surface area contributed by atoms with Gasteiger partial charge in [0.15, 0.2) is 0 Å². The second-order valence-corrected chi connectivity index (χ2v) is 5.76. The molecule has 2 rings (SSSR count). The molecule has 1 aromatic heterocycles. The van der Waals surface area contributed by atoms with E-state index < -0.39 is 0 Å². The summed E-state index contributed by atoms with van der Waals surface area (Å²) in [5.74, 6) is 1.61. The number of aromatic nitrogens is 2. The lowest BCUT2D eigenvalue weighted by molar-refractivity contribution is 0.0367. The summed E-state index contributed by atoms with van der Waals surface area (Å²) in [4.78, 5) is 6.85. The minimum atomic E-state index is 0.395. The summed E-state index contributed by atoms with van der Waals surface area (Å²) in [6.45, 7) is 12.5. The van der Waals surface area contributed by atoms with Crippen molar-refractivity contribution in [1.29, 1.82) is 0 Å². The summed E-state index contributed by atoms with van der Waals surface area (Å²) in [7, 11) is 0. The van der Waals surface area contributed by atoms with Gasteiger partial charge in [-0.25, -0.2) is 4.98 Å². The number of nitrogens with one attached hydrogen (secondary N) is 1. The monoisotopic (exact) mass is 266 g/mol. The Morgan fingerprint density at radius 2 is 2.00 bits per heavy atom. The van der Waals surface area contributed by atoms with Crippen molar-refractivity contribution in [2.45, 2.75) is 33.4 Å². The quantitative estimate of drug-likeness (QED) is 0.850. The van der Waals surface area contributed by atoms with Gasteiger partial charge in [-0.15, -0.1) is 0 Å². The van der Waals surface area contributed by atoms with E-state index in [1.807, 2.05) is 12.4 Å². The normalized spacial score (nSPS) is 18.7. The van der Waals surface area contributed by atoms with Gasteiger partial charge in [0, 0.05) is 44.6 Å². The predicted molar refractivity (Wildman–Crippen MR) is 77.4 cm³/mol. The van der Waals surface area contributed by atoms with Crippen molar-refractivity contribution in [2.24, 2.45) is 5.92 Å². The van der Waals surface area contributed by atoms with Crippen LogP contribution in [-0.4, -0.2) is 53.3 Å². The first-order valence-electron chi connectivity index (χ1n) is 7.23. The highest BCUT2D eigenvalue weighted by atomic mass is 16.5. The van der Waals surface area contributed by atoms with E-state index in [1.165, 1.54) is 0 Å². The zero-order valence-corrected chi connectivity index (χ0v) is 12.3. The Labute approximate surface area is 116 Å². The van der Waals surface area contributed by atoms with Crippen LogP contribution in [0.25, 0.3) is 0 Å². The number of ether oxygens (including phenoxy) is 1. The zero-order valence-electron chi connectivity index (χ0n) is 12.3. The number of anilines is 1. The molecule has 2 heterocycles. The van der Waals surface area contributed by atoms with Crippen LogP contribution < -0.4 is 5.32 Å². The van der Waals surface area contributed by atoms with Crippen molar-refractivity contribution in [2.75, 3.05) is 38.2 Å². The fourth-order valence-electron chi connectivity index (χ4n) is 2.43. The van der Waals surface area contributed by atoms with Gasteiger partial charge in [-0.1, -0.05) is 13.8 Å². The lowest BCUT2D eigenvalue weighted by Gasteiger charge is -2.29. The molecule has 1 aromatic rings. The Hall–Kier alpha value is -1.07. The molecular formula is C14H26N4O. The molecule has 0 radical (unpaired) electrons. The summed E-state index contributed by atoms with van der Waals surface area (Å²) >= 11 is 0. The third-order valence-electron chi connectivity index (χ3n) is 3.29. The maximum atomic E-state index is 5.37. The Balaban J connectivity index is 1.84. The number of hydrogen-bond acceptors (Lipinski definition) is 4. The van der Waals surface area contributed by atoms with Gasteiger partial charge in [0.25, 0.3) is 0 Å². The van der Waals surface area contributed by atoms with Crippen LogP contribution in [0.15, 0.2) is 12.4 Å². The molecule has 1 aliphatic heterocycles. The van der Waals surface area contributed by atoms with E-state index in [2.05, 4.69) is 40.5 Å². The van der Waals surface area contributed by atoms with Gasteiger partial charge in [-0.2, -0.15) is 0 Å². The summed E-state index contributed by atoms with van der Waals surface area (Å²) in [5, 5.41) is 3.51. The first-order chi connectivity index (χ1) is 9.15. The van der Waals surface area contributed by atoms with Crippen molar-refractivity contribution in [3.8, 4) is 0 Å². The lowest BCUT2D eigenvalue weighted by Crippen LogP contribution is -2.42. The van der Waals surface area contributed by atoms with E-state index in [0.29, 0.717) is 12.0 Å². The first kappa shape index (κ1) is 14.3. The molecule has 1 N–H and O–H groups in total. The predicted octanol–water partition coefficient (Wildman–Crippen LogP) is 1.67. The van der Waals surface area contributed by atoms with Crippen LogP contribution in [0.2, 0.25) is 0 Å². The number of rotatable bonds is 6. The SMILES string of the molecule is CC(C)Cn1ccnc1NC(C)CN1CCOCC1. The van der Waals surface area contributed by atoms with E-state index in [9.17, 15) is 0 Å². The molecule has 5 nitrogen and oxygen atoms in total. The Morgan fingerprint density at radius 1 is 1.26 bits per heavy atom. The van der Waals surface area contributed by atoms with Crippen LogP contribution >= 0.6 is 0 Å². The number of morpholine rings is 1. The van der Waals surface area contributed by atoms with E-state index in [1.54, 1.807) is 0 Å². The third kappa shape index (κ3) is 4.51. The maximum absolute atomic E-state index is 5.37. The topological polar surface area (TPSA) is 42.3 Å². The van der Waals surface area contributed by atoms with Gasteiger partial charge in [0.1, 0.15) is 0 Å². The van der Waals surface area contributed by atoms with Crippen molar-refractivity contribution in [3.05, 3.63) is 12.4 Å². The molecule has 19 heavy (non-hydrogen) atoms. The molecule has 108 valence electrons. The van der Waals surface area contributed by atoms with E-state index in [0.717, 1.165) is 45.3 Å². The van der Waals surface area contributed by atoms with Crippen LogP contribution in [-0.2, 0) is 11.3 Å². The minimum Gasteiger partial charge on any atom is -0.379 e. The molecule has 0 spiro atoms. The van der Waals surface area contributed by atoms with Crippen molar-refractivity contribution >= 4 is 5.95 Å². The Kier molecular flexibility index (Phi) is 5.22. The van der Waals surface area contributed by atoms with Crippen molar-refractivity contribution in [1.82, 2.24) is 14.5 Å². The average molecular weight is 266 g/mol. The molecule has 1 atom stereocenters. The lowest BCUT2D eigenvalue weighted by atomic mass is 10.2. The second-order valence-electron chi connectivity index (χ2n) is 5.76. The van der Waals surface area contributed by atoms with E-state index in [4.69, 9.17) is 4.74 Å². The standard InChI is InChI=1S/C14H26N4O/c1-12(2)10-18-5-4-15-14(18)16-13(3)11-17-6-8-19-9-7-17/h4-5,12-13H,6-11H2,1-3H3,(H,15,16). The molecule has 1 saturated heterocycles. The summed E-state index contributed by atoms with van der Waals surface area (Å²) in [6, 6.07) is 0.395. The molecule has 0 saturated carbocycles. The maximum Gasteiger partial charge on any atom is 0.203 e. The molecule has 5 heteroatoms. The molecule has 1 aliphatic rings. The summed E-state index contributed by atoms with van der Waals surface area (Å²) < 4.78 is 7.57. The van der Waals surface area contributed by atoms with Crippen LogP contribution in [0, 0.1) is 5.92 Å². The van der Waals surface area contributed by atoms with Crippen LogP contribution in [0.3, 0.4) is 0 Å². The van der Waals surface area contributed by atoms with Gasteiger partial charge in [0.2, 0.25) is 5.95 Å². The molecule has 0 aliphatic carbocycles. The van der Waals surface area contributed by atoms with Gasteiger partial charge in [-0.05, 0) is 12.8 Å². The summed E-state index contributed by atoms with van der Waals surface area (Å²) in [6.07, 6.45) is 3.91. The fourth-order valence-corrected chi connectivity index (χ4v) is 2.43. The number of imidazole rings is 1. The Bertz CT molecular complexity index is 371. The Morgan fingerprint density at radius 3 is 2.68 bits per heavy atom. The average Bonchev–Trinajstić information content (AvgIpc) is 2.77. The highest BCUT2D eigenvalue weighted by Crippen LogP contribution is 2.10. The van der Waals surface area contributed by atoms with Crippen LogP contribution in [0.5, 0.6) is 0 Å².